The zero-order chi connectivity index (χ0) is 6.85. The molecule has 58 valence electrons. The van der Waals surface area contributed by atoms with Crippen molar-refractivity contribution >= 4 is 5.82 Å². The average Bonchev–Trinajstić information content (AvgIpc) is 2.13. The van der Waals surface area contributed by atoms with Gasteiger partial charge in [-0.2, -0.15) is 0 Å². The molecule has 0 N–H and O–H groups in total. The van der Waals surface area contributed by atoms with Gasteiger partial charge in [0.05, 0.1) is 0 Å². The first kappa shape index (κ1) is 9.28. The second-order valence-electron chi connectivity index (χ2n) is 1.46. The van der Waals surface area contributed by atoms with Crippen LogP contribution in [0, 0.1) is 17.0 Å². The van der Waals surface area contributed by atoms with Crippen molar-refractivity contribution in [2.75, 3.05) is 0 Å². The molecule has 0 aliphatic heterocycles. The predicted molar refractivity (Wildman–Crippen MR) is 26.7 cm³/mol. The van der Waals surface area contributed by atoms with Crippen LogP contribution in [-0.4, -0.2) is 15.1 Å². The van der Waals surface area contributed by atoms with Gasteiger partial charge in [-0.15, -0.1) is 5.10 Å². The van der Waals surface area contributed by atoms with Gasteiger partial charge in [0.1, 0.15) is 5.69 Å². The first-order valence-electron chi connectivity index (χ1n) is 2.19. The van der Waals surface area contributed by atoms with Gasteiger partial charge in [-0.05, 0) is 11.8 Å². The molecule has 0 unspecified atom stereocenters. The molecule has 0 saturated heterocycles. The van der Waals surface area contributed by atoms with Crippen LogP contribution in [0.2, 0.25) is 0 Å². The molecule has 6 nitrogen and oxygen atoms in total. The topological polar surface area (TPSA) is 83.0 Å². The van der Waals surface area contributed by atoms with E-state index >= 15 is 0 Å². The summed E-state index contributed by atoms with van der Waals surface area (Å²) in [4.78, 5) is 9.33. The zero-order valence-electron chi connectivity index (χ0n) is 4.91. The van der Waals surface area contributed by atoms with Gasteiger partial charge in [0.2, 0.25) is 0 Å². The summed E-state index contributed by atoms with van der Waals surface area (Å²) in [5, 5.41) is 19.5. The fourth-order valence-electron chi connectivity index (χ4n) is 0.418. The van der Waals surface area contributed by atoms with Crippen molar-refractivity contribution in [3.05, 3.63) is 15.8 Å². The number of nitrogens with zero attached hydrogens (tertiary/aromatic N) is 4. The first-order chi connectivity index (χ1) is 4.22. The molecular weight excluding hydrogens is 232 g/mol. The van der Waals surface area contributed by atoms with Gasteiger partial charge in [0.25, 0.3) is 0 Å². The molecule has 0 spiro atoms. The van der Waals surface area contributed by atoms with Crippen LogP contribution in [0.3, 0.4) is 0 Å². The molecule has 0 amide bonds. The van der Waals surface area contributed by atoms with E-state index in [1.807, 2.05) is 0 Å². The maximum atomic E-state index is 9.95. The van der Waals surface area contributed by atoms with Crippen LogP contribution in [0.4, 0.5) is 5.82 Å². The minimum atomic E-state index is -0.616. The van der Waals surface area contributed by atoms with Crippen molar-refractivity contribution < 1.29 is 27.3 Å². The Bertz CT molecular complexity index is 234. The molecule has 1 aromatic rings. The molecule has 0 aliphatic carbocycles. The van der Waals surface area contributed by atoms with Crippen LogP contribution in [0.25, 0.3) is 0 Å². The molecule has 10 heavy (non-hydrogen) atoms. The van der Waals surface area contributed by atoms with E-state index < -0.39 is 4.92 Å². The van der Waals surface area contributed by atoms with E-state index in [1.54, 1.807) is 0 Å². The normalized spacial score (nSPS) is 8.50. The molecule has 0 radical (unpaired) electrons. The van der Waals surface area contributed by atoms with Crippen molar-refractivity contribution in [1.82, 2.24) is 15.4 Å². The molecule has 1 aromatic heterocycles. The maximum absolute atomic E-state index is 9.95. The SMILES string of the molecule is Cc1n[n-]nc1[N+](=O)[O-].[Ag+]. The van der Waals surface area contributed by atoms with Crippen LogP contribution in [0.5, 0.6) is 0 Å². The van der Waals surface area contributed by atoms with Crippen LogP contribution >= 0.6 is 0 Å². The Kier molecular flexibility index (Phi) is 3.20. The average molecular weight is 235 g/mol. The van der Waals surface area contributed by atoms with Crippen molar-refractivity contribution in [1.29, 1.82) is 0 Å². The van der Waals surface area contributed by atoms with Gasteiger partial charge in [0, 0.05) is 0 Å². The molecule has 0 fully saturated rings. The van der Waals surface area contributed by atoms with E-state index in [0.29, 0.717) is 0 Å². The summed E-state index contributed by atoms with van der Waals surface area (Å²) in [5.41, 5.74) is 0.250. The van der Waals surface area contributed by atoms with Crippen molar-refractivity contribution in [2.45, 2.75) is 6.92 Å². The van der Waals surface area contributed by atoms with Crippen LogP contribution in [0.15, 0.2) is 0 Å². The van der Waals surface area contributed by atoms with E-state index in [0.717, 1.165) is 0 Å². The fraction of sp³-hybridized carbons (Fsp3) is 0.333. The fourth-order valence-corrected chi connectivity index (χ4v) is 0.418. The Hall–Kier alpha value is -0.720. The summed E-state index contributed by atoms with van der Waals surface area (Å²) in [6, 6.07) is 0. The Morgan fingerprint density at radius 2 is 2.20 bits per heavy atom. The van der Waals surface area contributed by atoms with E-state index in [2.05, 4.69) is 15.4 Å². The van der Waals surface area contributed by atoms with Crippen molar-refractivity contribution in [3.63, 3.8) is 0 Å². The third-order valence-corrected chi connectivity index (χ3v) is 0.831. The molecular formula is C3H3AgN4O2. The molecule has 7 heteroatoms. The van der Waals surface area contributed by atoms with E-state index in [4.69, 9.17) is 0 Å². The van der Waals surface area contributed by atoms with E-state index in [1.165, 1.54) is 6.92 Å². The summed E-state index contributed by atoms with van der Waals surface area (Å²) in [6.07, 6.45) is 0. The van der Waals surface area contributed by atoms with Gasteiger partial charge in [-0.3, -0.25) is 0 Å². The molecule has 1 rings (SSSR count). The van der Waals surface area contributed by atoms with Gasteiger partial charge >= 0.3 is 28.2 Å². The molecule has 0 atom stereocenters. The molecule has 1 heterocycles. The third kappa shape index (κ3) is 1.63. The summed E-state index contributed by atoms with van der Waals surface area (Å²) >= 11 is 0. The van der Waals surface area contributed by atoms with Crippen LogP contribution in [0.1, 0.15) is 5.69 Å². The van der Waals surface area contributed by atoms with E-state index in [-0.39, 0.29) is 33.9 Å². The van der Waals surface area contributed by atoms with Crippen LogP contribution in [-0.2, 0) is 22.4 Å². The van der Waals surface area contributed by atoms with Gasteiger partial charge in [-0.1, -0.05) is 0 Å². The second-order valence-corrected chi connectivity index (χ2v) is 1.46. The summed E-state index contributed by atoms with van der Waals surface area (Å²) in [7, 11) is 0. The molecule has 0 bridgehead atoms. The molecule has 0 aliphatic rings. The van der Waals surface area contributed by atoms with Gasteiger partial charge in [0.15, 0.2) is 0 Å². The third-order valence-electron chi connectivity index (χ3n) is 0.831. The molecule has 0 saturated carbocycles. The smallest absolute Gasteiger partial charge is 0.372 e. The quantitative estimate of drug-likeness (QED) is 0.377. The summed E-state index contributed by atoms with van der Waals surface area (Å²) in [5.74, 6) is -0.269. The van der Waals surface area contributed by atoms with Crippen LogP contribution < -0.4 is 5.21 Å². The summed E-state index contributed by atoms with van der Waals surface area (Å²) < 4.78 is 0. The maximum Gasteiger partial charge on any atom is 1.00 e. The standard InChI is InChI=1S/C3H3N4O2.Ag/c1-2-3(7(8)9)5-6-4-2;/h1H3;/q-1;+1. The van der Waals surface area contributed by atoms with Crippen molar-refractivity contribution in [3.8, 4) is 0 Å². The zero-order valence-corrected chi connectivity index (χ0v) is 6.39. The Morgan fingerprint density at radius 3 is 2.40 bits per heavy atom. The minimum absolute atomic E-state index is 0. The van der Waals surface area contributed by atoms with Gasteiger partial charge in [-0.25, -0.2) is 0 Å². The Labute approximate surface area is 71.7 Å². The van der Waals surface area contributed by atoms with Gasteiger partial charge < -0.3 is 20.4 Å². The Morgan fingerprint density at radius 1 is 1.60 bits per heavy atom. The number of aryl methyl sites for hydroxylation is 1. The number of hydrogen-bond acceptors (Lipinski definition) is 4. The number of nitro groups is 1. The van der Waals surface area contributed by atoms with Crippen molar-refractivity contribution in [2.24, 2.45) is 0 Å². The number of aromatic nitrogens is 3. The summed E-state index contributed by atoms with van der Waals surface area (Å²) in [6.45, 7) is 1.48. The Balaban J connectivity index is 0.000000810. The number of rotatable bonds is 1. The monoisotopic (exact) mass is 234 g/mol. The number of hydrogen-bond donors (Lipinski definition) is 0. The van der Waals surface area contributed by atoms with E-state index in [9.17, 15) is 10.1 Å². The first-order valence-corrected chi connectivity index (χ1v) is 2.19. The predicted octanol–water partition coefficient (Wildman–Crippen LogP) is -0.352. The molecule has 0 aromatic carbocycles. The minimum Gasteiger partial charge on any atom is -0.372 e. The largest absolute Gasteiger partial charge is 1.00 e. The second kappa shape index (κ2) is 3.45.